The minimum absolute atomic E-state index is 0.0435. The molecule has 0 radical (unpaired) electrons. The summed E-state index contributed by atoms with van der Waals surface area (Å²) in [6.07, 6.45) is 1.72. The topological polar surface area (TPSA) is 86.8 Å². The molecule has 0 bridgehead atoms. The third-order valence-electron chi connectivity index (χ3n) is 5.47. The number of aryl methyl sites for hydroxylation is 1. The fourth-order valence-electron chi connectivity index (χ4n) is 3.23. The summed E-state index contributed by atoms with van der Waals surface area (Å²) in [5, 5.41) is 3.52. The van der Waals surface area contributed by atoms with Gasteiger partial charge in [0.25, 0.3) is 0 Å². The highest BCUT2D eigenvalue weighted by Gasteiger charge is 2.31. The maximum Gasteiger partial charge on any atom is 0.243 e. The minimum Gasteiger partial charge on any atom is -0.354 e. The average molecular weight is 529 g/mol. The van der Waals surface area contributed by atoms with Crippen LogP contribution in [0.4, 0.5) is 0 Å². The number of carbonyl (C=O) groups excluding carboxylic acids is 2. The van der Waals surface area contributed by atoms with E-state index < -0.39 is 28.5 Å². The van der Waals surface area contributed by atoms with E-state index in [1.165, 1.54) is 24.1 Å². The van der Waals surface area contributed by atoms with Crippen LogP contribution in [0, 0.1) is 6.92 Å². The molecule has 2 aromatic rings. The lowest BCUT2D eigenvalue weighted by Crippen LogP contribution is -2.50. The molecular formula is C24H31Cl2N3O4S. The second-order valence-corrected chi connectivity index (χ2v) is 11.0. The van der Waals surface area contributed by atoms with Crippen LogP contribution in [0.3, 0.4) is 0 Å². The first-order valence-electron chi connectivity index (χ1n) is 11.0. The Balaban J connectivity index is 2.30. The van der Waals surface area contributed by atoms with Gasteiger partial charge in [-0.3, -0.25) is 9.59 Å². The van der Waals surface area contributed by atoms with Crippen LogP contribution in [-0.2, 0) is 26.2 Å². The summed E-state index contributed by atoms with van der Waals surface area (Å²) in [7, 11) is -2.57. The van der Waals surface area contributed by atoms with Crippen molar-refractivity contribution in [1.82, 2.24) is 14.5 Å². The van der Waals surface area contributed by atoms with E-state index in [9.17, 15) is 18.0 Å². The Hall–Kier alpha value is -2.13. The molecule has 0 saturated carbocycles. The van der Waals surface area contributed by atoms with Crippen LogP contribution in [0.25, 0.3) is 0 Å². The molecule has 186 valence electrons. The molecule has 1 unspecified atom stereocenters. The van der Waals surface area contributed by atoms with Gasteiger partial charge in [-0.25, -0.2) is 8.42 Å². The number of hydrogen-bond donors (Lipinski definition) is 1. The quantitative estimate of drug-likeness (QED) is 0.442. The van der Waals surface area contributed by atoms with E-state index in [1.54, 1.807) is 37.3 Å². The fourth-order valence-corrected chi connectivity index (χ4v) is 4.87. The van der Waals surface area contributed by atoms with Crippen molar-refractivity contribution in [2.45, 2.75) is 51.1 Å². The molecule has 0 aliphatic rings. The third kappa shape index (κ3) is 7.18. The Morgan fingerprint density at radius 2 is 1.65 bits per heavy atom. The van der Waals surface area contributed by atoms with Gasteiger partial charge in [0.1, 0.15) is 6.04 Å². The Labute approximate surface area is 212 Å². The van der Waals surface area contributed by atoms with Gasteiger partial charge in [-0.05, 0) is 44.5 Å². The molecule has 2 rings (SSSR count). The van der Waals surface area contributed by atoms with Gasteiger partial charge >= 0.3 is 0 Å². The van der Waals surface area contributed by atoms with E-state index in [2.05, 4.69) is 5.32 Å². The maximum atomic E-state index is 13.3. The first-order chi connectivity index (χ1) is 16.0. The molecule has 2 amide bonds. The summed E-state index contributed by atoms with van der Waals surface area (Å²) in [6, 6.07) is 10.5. The van der Waals surface area contributed by atoms with Gasteiger partial charge in [0.05, 0.1) is 11.4 Å². The second kappa shape index (κ2) is 12.5. The fraction of sp³-hybridized carbons (Fsp3) is 0.417. The number of unbranched alkanes of at least 4 members (excludes halogenated alkanes) is 1. The van der Waals surface area contributed by atoms with Crippen molar-refractivity contribution in [3.63, 3.8) is 0 Å². The summed E-state index contributed by atoms with van der Waals surface area (Å²) >= 11 is 12.6. The third-order valence-corrected chi connectivity index (χ3v) is 8.00. The van der Waals surface area contributed by atoms with E-state index in [0.29, 0.717) is 22.2 Å². The SMILES string of the molecule is CCCCNC(=O)C(C)N(Cc1c(Cl)cccc1Cl)C(=O)CN(C)S(=O)(=O)c1ccc(C)cc1. The van der Waals surface area contributed by atoms with Crippen LogP contribution in [0.2, 0.25) is 10.0 Å². The van der Waals surface area contributed by atoms with Gasteiger partial charge in [-0.2, -0.15) is 4.31 Å². The van der Waals surface area contributed by atoms with E-state index in [1.807, 2.05) is 13.8 Å². The molecule has 0 fully saturated rings. The second-order valence-electron chi connectivity index (χ2n) is 8.12. The standard InChI is InChI=1S/C24H31Cl2N3O4S/c1-5-6-14-27-24(31)18(3)29(15-20-21(25)8-7-9-22(20)26)23(30)16-28(4)34(32,33)19-12-10-17(2)11-13-19/h7-13,18H,5-6,14-16H2,1-4H3,(H,27,31). The van der Waals surface area contributed by atoms with Crippen LogP contribution in [0.1, 0.15) is 37.8 Å². The highest BCUT2D eigenvalue weighted by atomic mass is 35.5. The number of amides is 2. The van der Waals surface area contributed by atoms with E-state index >= 15 is 0 Å². The monoisotopic (exact) mass is 527 g/mol. The molecule has 1 N–H and O–H groups in total. The van der Waals surface area contributed by atoms with Crippen molar-refractivity contribution >= 4 is 45.0 Å². The number of carbonyl (C=O) groups is 2. The summed E-state index contributed by atoms with van der Waals surface area (Å²) in [5.41, 5.74) is 1.40. The molecular weight excluding hydrogens is 497 g/mol. The summed E-state index contributed by atoms with van der Waals surface area (Å²) in [5.74, 6) is -0.888. The highest BCUT2D eigenvalue weighted by Crippen LogP contribution is 2.27. The molecule has 1 atom stereocenters. The molecule has 0 heterocycles. The van der Waals surface area contributed by atoms with Crippen LogP contribution >= 0.6 is 23.2 Å². The van der Waals surface area contributed by atoms with Crippen molar-refractivity contribution in [2.24, 2.45) is 0 Å². The first kappa shape index (κ1) is 28.1. The molecule has 0 spiro atoms. The molecule has 0 aliphatic heterocycles. The van der Waals surface area contributed by atoms with Gasteiger partial charge in [0.2, 0.25) is 21.8 Å². The number of halogens is 2. The van der Waals surface area contributed by atoms with Crippen molar-refractivity contribution in [3.8, 4) is 0 Å². The van der Waals surface area contributed by atoms with Gasteiger partial charge < -0.3 is 10.2 Å². The number of benzene rings is 2. The number of sulfonamides is 1. The molecule has 0 aromatic heterocycles. The van der Waals surface area contributed by atoms with Gasteiger partial charge in [0.15, 0.2) is 0 Å². The molecule has 0 aliphatic carbocycles. The summed E-state index contributed by atoms with van der Waals surface area (Å²) in [4.78, 5) is 27.5. The molecule has 0 saturated heterocycles. The Morgan fingerprint density at radius 3 is 2.21 bits per heavy atom. The number of nitrogens with one attached hydrogen (secondary N) is 1. The van der Waals surface area contributed by atoms with E-state index in [-0.39, 0.29) is 17.3 Å². The molecule has 2 aromatic carbocycles. The van der Waals surface area contributed by atoms with Crippen LogP contribution in [-0.4, -0.2) is 55.6 Å². The normalized spacial score (nSPS) is 12.4. The van der Waals surface area contributed by atoms with Crippen LogP contribution in [0.5, 0.6) is 0 Å². The largest absolute Gasteiger partial charge is 0.354 e. The average Bonchev–Trinajstić information content (AvgIpc) is 2.78. The predicted octanol–water partition coefficient (Wildman–Crippen LogP) is 4.26. The molecule has 7 nitrogen and oxygen atoms in total. The Kier molecular flexibility index (Phi) is 10.4. The first-order valence-corrected chi connectivity index (χ1v) is 13.2. The van der Waals surface area contributed by atoms with Gasteiger partial charge in [-0.15, -0.1) is 0 Å². The Bertz CT molecular complexity index is 1090. The lowest BCUT2D eigenvalue weighted by Gasteiger charge is -2.31. The van der Waals surface area contributed by atoms with E-state index in [0.717, 1.165) is 22.7 Å². The lowest BCUT2D eigenvalue weighted by molar-refractivity contribution is -0.140. The molecule has 34 heavy (non-hydrogen) atoms. The van der Waals surface area contributed by atoms with Crippen molar-refractivity contribution < 1.29 is 18.0 Å². The van der Waals surface area contributed by atoms with Crippen molar-refractivity contribution in [2.75, 3.05) is 20.1 Å². The number of rotatable bonds is 11. The van der Waals surface area contributed by atoms with Crippen molar-refractivity contribution in [3.05, 3.63) is 63.6 Å². The zero-order chi connectivity index (χ0) is 25.5. The van der Waals surface area contributed by atoms with Crippen molar-refractivity contribution in [1.29, 1.82) is 0 Å². The molecule has 10 heteroatoms. The maximum absolute atomic E-state index is 13.3. The number of hydrogen-bond acceptors (Lipinski definition) is 4. The smallest absolute Gasteiger partial charge is 0.243 e. The highest BCUT2D eigenvalue weighted by molar-refractivity contribution is 7.89. The zero-order valence-electron chi connectivity index (χ0n) is 19.8. The number of nitrogens with zero attached hydrogens (tertiary/aromatic N) is 2. The number of likely N-dealkylation sites (N-methyl/N-ethyl adjacent to an activating group) is 1. The van der Waals surface area contributed by atoms with Crippen LogP contribution in [0.15, 0.2) is 47.4 Å². The van der Waals surface area contributed by atoms with Gasteiger partial charge in [-0.1, -0.05) is 60.3 Å². The summed E-state index contributed by atoms with van der Waals surface area (Å²) in [6.45, 7) is 5.45. The lowest BCUT2D eigenvalue weighted by atomic mass is 10.1. The Morgan fingerprint density at radius 1 is 1.06 bits per heavy atom. The van der Waals surface area contributed by atoms with E-state index in [4.69, 9.17) is 23.2 Å². The zero-order valence-corrected chi connectivity index (χ0v) is 22.2. The van der Waals surface area contributed by atoms with Crippen LogP contribution < -0.4 is 5.32 Å². The van der Waals surface area contributed by atoms with Gasteiger partial charge in [0, 0.05) is 35.7 Å². The minimum atomic E-state index is -3.90. The summed E-state index contributed by atoms with van der Waals surface area (Å²) < 4.78 is 26.9. The predicted molar refractivity (Wildman–Crippen MR) is 135 cm³/mol.